The van der Waals surface area contributed by atoms with Crippen LogP contribution >= 0.6 is 0 Å². The highest BCUT2D eigenvalue weighted by Gasteiger charge is 2.30. The van der Waals surface area contributed by atoms with Gasteiger partial charge in [-0.05, 0) is 79.2 Å². The third-order valence-corrected chi connectivity index (χ3v) is 4.93. The second kappa shape index (κ2) is 12.6. The van der Waals surface area contributed by atoms with Crippen molar-refractivity contribution in [1.29, 1.82) is 0 Å². The van der Waals surface area contributed by atoms with Gasteiger partial charge in [-0.2, -0.15) is 13.2 Å². The zero-order valence-electron chi connectivity index (χ0n) is 19.8. The van der Waals surface area contributed by atoms with Gasteiger partial charge in [0.1, 0.15) is 22.9 Å². The maximum absolute atomic E-state index is 12.8. The summed E-state index contributed by atoms with van der Waals surface area (Å²) in [5.41, 5.74) is 0.0298. The third kappa shape index (κ3) is 8.11. The van der Waals surface area contributed by atoms with Crippen LogP contribution in [0.3, 0.4) is 0 Å². The van der Waals surface area contributed by atoms with Gasteiger partial charge in [0.25, 0.3) is 11.8 Å². The minimum Gasteiger partial charge on any atom is -0.494 e. The highest BCUT2D eigenvalue weighted by molar-refractivity contribution is 6.05. The Morgan fingerprint density at radius 3 is 2.00 bits per heavy atom. The van der Waals surface area contributed by atoms with Crippen molar-refractivity contribution in [2.24, 2.45) is 0 Å². The molecule has 37 heavy (non-hydrogen) atoms. The van der Waals surface area contributed by atoms with Crippen LogP contribution in [0.4, 0.5) is 13.2 Å². The zero-order valence-corrected chi connectivity index (χ0v) is 19.8. The molecule has 3 aromatic carbocycles. The van der Waals surface area contributed by atoms with Crippen LogP contribution in [-0.2, 0) is 11.0 Å². The van der Waals surface area contributed by atoms with Gasteiger partial charge in [0.05, 0.1) is 18.8 Å². The first-order valence-electron chi connectivity index (χ1n) is 11.3. The summed E-state index contributed by atoms with van der Waals surface area (Å²) in [6.45, 7) is 2.11. The monoisotopic (exact) mass is 514 g/mol. The first-order valence-corrected chi connectivity index (χ1v) is 11.3. The van der Waals surface area contributed by atoms with E-state index in [1.165, 1.54) is 42.5 Å². The number of aliphatic hydroxyl groups is 1. The van der Waals surface area contributed by atoms with E-state index in [4.69, 9.17) is 14.6 Å². The van der Waals surface area contributed by atoms with Crippen molar-refractivity contribution in [2.75, 3.05) is 19.8 Å². The summed E-state index contributed by atoms with van der Waals surface area (Å²) in [7, 11) is 0. The van der Waals surface area contributed by atoms with Gasteiger partial charge in [0.15, 0.2) is 0 Å². The third-order valence-electron chi connectivity index (χ3n) is 4.93. The number of alkyl halides is 3. The van der Waals surface area contributed by atoms with Crippen LogP contribution in [0.5, 0.6) is 17.2 Å². The number of benzene rings is 3. The molecule has 10 heteroatoms. The molecule has 0 atom stereocenters. The fourth-order valence-corrected chi connectivity index (χ4v) is 3.13. The van der Waals surface area contributed by atoms with Gasteiger partial charge in [0.2, 0.25) is 0 Å². The topological polar surface area (TPSA) is 96.9 Å². The summed E-state index contributed by atoms with van der Waals surface area (Å²) in [5, 5.41) is 14.1. The molecule has 0 aliphatic heterocycles. The number of halogens is 3. The molecule has 3 rings (SSSR count). The average molecular weight is 515 g/mol. The predicted octanol–water partition coefficient (Wildman–Crippen LogP) is 4.78. The lowest BCUT2D eigenvalue weighted by atomic mass is 10.1. The Labute approximate surface area is 211 Å². The molecule has 0 saturated heterocycles. The molecule has 0 unspecified atom stereocenters. The Morgan fingerprint density at radius 1 is 0.892 bits per heavy atom. The Bertz CT molecular complexity index is 1220. The minimum absolute atomic E-state index is 0.00527. The van der Waals surface area contributed by atoms with Crippen LogP contribution in [0.2, 0.25) is 0 Å². The number of hydrogen-bond acceptors (Lipinski definition) is 5. The van der Waals surface area contributed by atoms with Crippen molar-refractivity contribution in [1.82, 2.24) is 10.6 Å². The van der Waals surface area contributed by atoms with Gasteiger partial charge in [-0.25, -0.2) is 0 Å². The number of ether oxygens (including phenoxy) is 2. The molecule has 3 N–H and O–H groups in total. The SMILES string of the molecule is CCOc1ccc(/C=C(\NC(=O)c2ccc(Oc3ccc(C(F)(F)F)cc3)cc2)C(=O)NCCO)cc1. The Balaban J connectivity index is 1.72. The molecule has 0 radical (unpaired) electrons. The molecule has 7 nitrogen and oxygen atoms in total. The van der Waals surface area contributed by atoms with Gasteiger partial charge >= 0.3 is 6.18 Å². The summed E-state index contributed by atoms with van der Waals surface area (Å²) in [6, 6.07) is 17.0. The molecule has 2 amide bonds. The summed E-state index contributed by atoms with van der Waals surface area (Å²) >= 11 is 0. The minimum atomic E-state index is -4.44. The molecule has 0 spiro atoms. The predicted molar refractivity (Wildman–Crippen MR) is 131 cm³/mol. The van der Waals surface area contributed by atoms with E-state index in [0.29, 0.717) is 23.7 Å². The standard InChI is InChI=1S/C27H25F3N2O5/c1-2-36-21-9-3-18(4-10-21)17-24(26(35)31-15-16-33)32-25(34)19-5-11-22(12-6-19)37-23-13-7-20(8-14-23)27(28,29)30/h3-14,17,33H,2,15-16H2,1H3,(H,31,35)(H,32,34)/b24-17-. The van der Waals surface area contributed by atoms with E-state index in [0.717, 1.165) is 12.1 Å². The van der Waals surface area contributed by atoms with Gasteiger partial charge in [-0.3, -0.25) is 9.59 Å². The molecule has 0 aromatic heterocycles. The molecule has 0 fully saturated rings. The van der Waals surface area contributed by atoms with Crippen molar-refractivity contribution in [2.45, 2.75) is 13.1 Å². The number of carbonyl (C=O) groups is 2. The highest BCUT2D eigenvalue weighted by Crippen LogP contribution is 2.31. The maximum Gasteiger partial charge on any atom is 0.416 e. The molecule has 0 bridgehead atoms. The van der Waals surface area contributed by atoms with Crippen LogP contribution in [-0.4, -0.2) is 36.7 Å². The normalized spacial score (nSPS) is 11.5. The van der Waals surface area contributed by atoms with E-state index in [1.54, 1.807) is 24.3 Å². The fraction of sp³-hybridized carbons (Fsp3) is 0.185. The number of nitrogens with one attached hydrogen (secondary N) is 2. The Hall–Kier alpha value is -4.31. The maximum atomic E-state index is 12.8. The molecule has 0 saturated carbocycles. The number of rotatable bonds is 10. The lowest BCUT2D eigenvalue weighted by molar-refractivity contribution is -0.137. The molecule has 0 heterocycles. The molecule has 0 aliphatic rings. The van der Waals surface area contributed by atoms with Gasteiger partial charge in [0, 0.05) is 12.1 Å². The van der Waals surface area contributed by atoms with Gasteiger partial charge < -0.3 is 25.2 Å². The fourth-order valence-electron chi connectivity index (χ4n) is 3.13. The van der Waals surface area contributed by atoms with Crippen LogP contribution in [0.25, 0.3) is 6.08 Å². The van der Waals surface area contributed by atoms with Crippen molar-refractivity contribution >= 4 is 17.9 Å². The second-order valence-corrected chi connectivity index (χ2v) is 7.64. The van der Waals surface area contributed by atoms with Crippen LogP contribution in [0, 0.1) is 0 Å². The van der Waals surface area contributed by atoms with Gasteiger partial charge in [-0.15, -0.1) is 0 Å². The van der Waals surface area contributed by atoms with E-state index in [9.17, 15) is 22.8 Å². The number of carbonyl (C=O) groups excluding carboxylic acids is 2. The zero-order chi connectivity index (χ0) is 26.8. The molecular formula is C27H25F3N2O5. The van der Waals surface area contributed by atoms with E-state index < -0.39 is 23.6 Å². The first-order chi connectivity index (χ1) is 17.7. The average Bonchev–Trinajstić information content (AvgIpc) is 2.88. The molecule has 3 aromatic rings. The van der Waals surface area contributed by atoms with E-state index in [-0.39, 0.29) is 30.2 Å². The molecule has 0 aliphatic carbocycles. The second-order valence-electron chi connectivity index (χ2n) is 7.64. The summed E-state index contributed by atoms with van der Waals surface area (Å²) < 4.78 is 49.1. The van der Waals surface area contributed by atoms with E-state index in [2.05, 4.69) is 10.6 Å². The Kier molecular flexibility index (Phi) is 9.28. The number of amides is 2. The van der Waals surface area contributed by atoms with Crippen molar-refractivity contribution in [3.63, 3.8) is 0 Å². The van der Waals surface area contributed by atoms with Crippen LogP contribution < -0.4 is 20.1 Å². The van der Waals surface area contributed by atoms with Crippen LogP contribution in [0.1, 0.15) is 28.4 Å². The van der Waals surface area contributed by atoms with Crippen molar-refractivity contribution in [3.05, 3.63) is 95.2 Å². The summed E-state index contributed by atoms with van der Waals surface area (Å²) in [6.07, 6.45) is -2.95. The first kappa shape index (κ1) is 27.3. The quantitative estimate of drug-likeness (QED) is 0.339. The lowest BCUT2D eigenvalue weighted by Crippen LogP contribution is -2.36. The largest absolute Gasteiger partial charge is 0.494 e. The number of hydrogen-bond donors (Lipinski definition) is 3. The smallest absolute Gasteiger partial charge is 0.416 e. The van der Waals surface area contributed by atoms with E-state index >= 15 is 0 Å². The van der Waals surface area contributed by atoms with Crippen molar-refractivity contribution < 1.29 is 37.3 Å². The molecular weight excluding hydrogens is 489 g/mol. The Morgan fingerprint density at radius 2 is 1.46 bits per heavy atom. The van der Waals surface area contributed by atoms with Crippen LogP contribution in [0.15, 0.2) is 78.5 Å². The van der Waals surface area contributed by atoms with Gasteiger partial charge in [-0.1, -0.05) is 12.1 Å². The highest BCUT2D eigenvalue weighted by atomic mass is 19.4. The summed E-state index contributed by atoms with van der Waals surface area (Å²) in [4.78, 5) is 25.4. The summed E-state index contributed by atoms with van der Waals surface area (Å²) in [5.74, 6) is 0.0120. The molecule has 194 valence electrons. The van der Waals surface area contributed by atoms with E-state index in [1.807, 2.05) is 6.92 Å². The van der Waals surface area contributed by atoms with Crippen molar-refractivity contribution in [3.8, 4) is 17.2 Å². The number of aliphatic hydroxyl groups excluding tert-OH is 1. The lowest BCUT2D eigenvalue weighted by Gasteiger charge is -2.12.